The summed E-state index contributed by atoms with van der Waals surface area (Å²) in [4.78, 5) is 10.9. The molecule has 21 heavy (non-hydrogen) atoms. The quantitative estimate of drug-likeness (QED) is 0.885. The number of benzene rings is 2. The molecular weight excluding hydrogens is 314 g/mol. The lowest BCUT2D eigenvalue weighted by molar-refractivity contribution is 0.0696. The maximum Gasteiger partial charge on any atom is 0.335 e. The van der Waals surface area contributed by atoms with Crippen molar-refractivity contribution < 1.29 is 18.3 Å². The molecule has 0 unspecified atom stereocenters. The predicted molar refractivity (Wildman–Crippen MR) is 81.1 cm³/mol. The molecule has 0 radical (unpaired) electrons. The van der Waals surface area contributed by atoms with Crippen LogP contribution < -0.4 is 4.72 Å². The Balaban J connectivity index is 2.15. The van der Waals surface area contributed by atoms with Crippen LogP contribution in [0.5, 0.6) is 0 Å². The zero-order valence-corrected chi connectivity index (χ0v) is 12.4. The van der Waals surface area contributed by atoms with Crippen LogP contribution in [0, 0.1) is 0 Å². The van der Waals surface area contributed by atoms with E-state index in [2.05, 4.69) is 4.72 Å². The number of carboxylic acids is 1. The van der Waals surface area contributed by atoms with E-state index in [4.69, 9.17) is 16.7 Å². The third-order valence-electron chi connectivity index (χ3n) is 2.65. The average molecular weight is 326 g/mol. The van der Waals surface area contributed by atoms with E-state index in [1.807, 2.05) is 0 Å². The SMILES string of the molecule is O=C(O)c1cccc(CS(=O)(=O)Nc2ccc(Cl)cc2)c1. The number of sulfonamides is 1. The van der Waals surface area contributed by atoms with Crippen LogP contribution in [0.3, 0.4) is 0 Å². The van der Waals surface area contributed by atoms with Gasteiger partial charge in [0, 0.05) is 10.7 Å². The van der Waals surface area contributed by atoms with Gasteiger partial charge in [0.1, 0.15) is 0 Å². The molecule has 2 aromatic rings. The maximum atomic E-state index is 12.0. The van der Waals surface area contributed by atoms with Crippen molar-refractivity contribution in [3.05, 3.63) is 64.7 Å². The van der Waals surface area contributed by atoms with Crippen LogP contribution in [0.2, 0.25) is 5.02 Å². The second-order valence-electron chi connectivity index (χ2n) is 4.37. The van der Waals surface area contributed by atoms with Crippen molar-refractivity contribution in [1.29, 1.82) is 0 Å². The first kappa shape index (κ1) is 15.3. The van der Waals surface area contributed by atoms with Gasteiger partial charge in [0.15, 0.2) is 0 Å². The molecule has 0 amide bonds. The van der Waals surface area contributed by atoms with E-state index in [1.165, 1.54) is 18.2 Å². The van der Waals surface area contributed by atoms with Crippen molar-refractivity contribution in [3.8, 4) is 0 Å². The second kappa shape index (κ2) is 6.15. The molecule has 0 spiro atoms. The summed E-state index contributed by atoms with van der Waals surface area (Å²) in [5, 5.41) is 9.40. The zero-order chi connectivity index (χ0) is 15.5. The van der Waals surface area contributed by atoms with E-state index in [1.54, 1.807) is 30.3 Å². The minimum atomic E-state index is -3.63. The van der Waals surface area contributed by atoms with Crippen LogP contribution in [0.15, 0.2) is 48.5 Å². The second-order valence-corrected chi connectivity index (χ2v) is 6.53. The molecule has 110 valence electrons. The third-order valence-corrected chi connectivity index (χ3v) is 4.16. The van der Waals surface area contributed by atoms with Crippen LogP contribution in [-0.2, 0) is 15.8 Å². The molecule has 2 aromatic carbocycles. The van der Waals surface area contributed by atoms with Crippen molar-refractivity contribution in [2.45, 2.75) is 5.75 Å². The Morgan fingerprint density at radius 2 is 1.81 bits per heavy atom. The topological polar surface area (TPSA) is 83.5 Å². The number of rotatable bonds is 5. The van der Waals surface area contributed by atoms with Crippen LogP contribution in [-0.4, -0.2) is 19.5 Å². The lowest BCUT2D eigenvalue weighted by atomic mass is 10.1. The van der Waals surface area contributed by atoms with Crippen LogP contribution >= 0.6 is 11.6 Å². The van der Waals surface area contributed by atoms with Gasteiger partial charge < -0.3 is 5.11 Å². The third kappa shape index (κ3) is 4.47. The summed E-state index contributed by atoms with van der Waals surface area (Å²) in [7, 11) is -3.63. The molecule has 5 nitrogen and oxygen atoms in total. The normalized spacial score (nSPS) is 11.1. The highest BCUT2D eigenvalue weighted by molar-refractivity contribution is 7.91. The predicted octanol–water partition coefficient (Wildman–Crippen LogP) is 2.98. The molecule has 0 aliphatic carbocycles. The molecule has 7 heteroatoms. The first-order chi connectivity index (χ1) is 9.85. The van der Waals surface area contributed by atoms with E-state index >= 15 is 0 Å². The smallest absolute Gasteiger partial charge is 0.335 e. The van der Waals surface area contributed by atoms with E-state index in [9.17, 15) is 13.2 Å². The van der Waals surface area contributed by atoms with Gasteiger partial charge in [-0.15, -0.1) is 0 Å². The minimum Gasteiger partial charge on any atom is -0.478 e. The summed E-state index contributed by atoms with van der Waals surface area (Å²) in [5.41, 5.74) is 0.847. The van der Waals surface area contributed by atoms with Gasteiger partial charge >= 0.3 is 5.97 Å². The summed E-state index contributed by atoms with van der Waals surface area (Å²) >= 11 is 5.73. The Hall–Kier alpha value is -2.05. The molecular formula is C14H12ClNO4S. The molecule has 0 aliphatic heterocycles. The van der Waals surface area contributed by atoms with Gasteiger partial charge in [0.2, 0.25) is 10.0 Å². The summed E-state index contributed by atoms with van der Waals surface area (Å²) in [6.07, 6.45) is 0. The molecule has 0 heterocycles. The lowest BCUT2D eigenvalue weighted by Crippen LogP contribution is -2.15. The fourth-order valence-corrected chi connectivity index (χ4v) is 3.06. The number of aromatic carboxylic acids is 1. The van der Waals surface area contributed by atoms with Gasteiger partial charge in [0.25, 0.3) is 0 Å². The van der Waals surface area contributed by atoms with E-state index in [-0.39, 0.29) is 11.3 Å². The molecule has 0 fully saturated rings. The monoisotopic (exact) mass is 325 g/mol. The minimum absolute atomic E-state index is 0.0502. The number of anilines is 1. The number of carboxylic acid groups (broad SMARTS) is 1. The van der Waals surface area contributed by atoms with Gasteiger partial charge in [-0.2, -0.15) is 0 Å². The van der Waals surface area contributed by atoms with Crippen LogP contribution in [0.4, 0.5) is 5.69 Å². The molecule has 0 saturated heterocycles. The zero-order valence-electron chi connectivity index (χ0n) is 10.8. The fraction of sp³-hybridized carbons (Fsp3) is 0.0714. The highest BCUT2D eigenvalue weighted by atomic mass is 35.5. The average Bonchev–Trinajstić information content (AvgIpc) is 2.41. The lowest BCUT2D eigenvalue weighted by Gasteiger charge is -2.08. The molecule has 0 aliphatic rings. The Bertz CT molecular complexity index is 757. The Kier molecular flexibility index (Phi) is 4.50. The van der Waals surface area contributed by atoms with Gasteiger partial charge in [-0.3, -0.25) is 4.72 Å². The van der Waals surface area contributed by atoms with Gasteiger partial charge in [0.05, 0.1) is 11.3 Å². The van der Waals surface area contributed by atoms with Crippen molar-refractivity contribution in [2.75, 3.05) is 4.72 Å². The summed E-state index contributed by atoms with van der Waals surface area (Å²) in [6, 6.07) is 12.1. The first-order valence-corrected chi connectivity index (χ1v) is 7.97. The van der Waals surface area contributed by atoms with Crippen molar-refractivity contribution >= 4 is 33.3 Å². The standard InChI is InChI=1S/C14H12ClNO4S/c15-12-4-6-13(7-5-12)16-21(19,20)9-10-2-1-3-11(8-10)14(17)18/h1-8,16H,9H2,(H,17,18). The molecule has 0 bridgehead atoms. The van der Waals surface area contributed by atoms with E-state index < -0.39 is 16.0 Å². The number of nitrogens with one attached hydrogen (secondary N) is 1. The fourth-order valence-electron chi connectivity index (χ4n) is 1.75. The number of hydrogen-bond acceptors (Lipinski definition) is 3. The van der Waals surface area contributed by atoms with E-state index in [0.717, 1.165) is 0 Å². The molecule has 2 N–H and O–H groups in total. The van der Waals surface area contributed by atoms with Crippen molar-refractivity contribution in [1.82, 2.24) is 0 Å². The molecule has 0 aromatic heterocycles. The van der Waals surface area contributed by atoms with Crippen LogP contribution in [0.25, 0.3) is 0 Å². The van der Waals surface area contributed by atoms with Crippen LogP contribution in [0.1, 0.15) is 15.9 Å². The highest BCUT2D eigenvalue weighted by Gasteiger charge is 2.13. The van der Waals surface area contributed by atoms with Crippen molar-refractivity contribution in [2.24, 2.45) is 0 Å². The Morgan fingerprint density at radius 3 is 2.43 bits per heavy atom. The van der Waals surface area contributed by atoms with Crippen molar-refractivity contribution in [3.63, 3.8) is 0 Å². The Morgan fingerprint density at radius 1 is 1.14 bits per heavy atom. The maximum absolute atomic E-state index is 12.0. The molecule has 2 rings (SSSR count). The first-order valence-electron chi connectivity index (χ1n) is 5.94. The van der Waals surface area contributed by atoms with Gasteiger partial charge in [-0.1, -0.05) is 23.7 Å². The molecule has 0 saturated carbocycles. The Labute approximate surface area is 127 Å². The highest BCUT2D eigenvalue weighted by Crippen LogP contribution is 2.16. The summed E-state index contributed by atoms with van der Waals surface area (Å²) < 4.78 is 26.5. The number of halogens is 1. The van der Waals surface area contributed by atoms with Gasteiger partial charge in [-0.25, -0.2) is 13.2 Å². The largest absolute Gasteiger partial charge is 0.478 e. The van der Waals surface area contributed by atoms with E-state index in [0.29, 0.717) is 16.3 Å². The molecule has 0 atom stereocenters. The summed E-state index contributed by atoms with van der Waals surface area (Å²) in [6.45, 7) is 0. The van der Waals surface area contributed by atoms with Gasteiger partial charge in [-0.05, 0) is 42.0 Å². The summed E-state index contributed by atoms with van der Waals surface area (Å²) in [5.74, 6) is -1.41. The number of carbonyl (C=O) groups is 1. The number of hydrogen-bond donors (Lipinski definition) is 2.